The Hall–Kier alpha value is -2.32. The molecule has 0 radical (unpaired) electrons. The van der Waals surface area contributed by atoms with Gasteiger partial charge in [0, 0.05) is 25.9 Å². The maximum Gasteiger partial charge on any atom is 0.410 e. The summed E-state index contributed by atoms with van der Waals surface area (Å²) in [5.74, 6) is -0.642. The third-order valence-corrected chi connectivity index (χ3v) is 4.65. The topological polar surface area (TPSA) is 128 Å². The second kappa shape index (κ2) is 17.3. The minimum absolute atomic E-state index is 0.0177. The summed E-state index contributed by atoms with van der Waals surface area (Å²) in [5, 5.41) is 2.72. The van der Waals surface area contributed by atoms with Gasteiger partial charge in [0.05, 0.1) is 7.11 Å². The summed E-state index contributed by atoms with van der Waals surface area (Å²) in [7, 11) is 2.91. The van der Waals surface area contributed by atoms with Gasteiger partial charge in [-0.2, -0.15) is 0 Å². The highest BCUT2D eigenvalue weighted by atomic mass is 16.6. The van der Waals surface area contributed by atoms with Gasteiger partial charge in [-0.25, -0.2) is 4.79 Å². The predicted molar refractivity (Wildman–Crippen MR) is 125 cm³/mol. The molecule has 3 N–H and O–H groups in total. The fraction of sp³-hybridized carbons (Fsp3) is 0.826. The number of primary amides is 1. The highest BCUT2D eigenvalue weighted by Gasteiger charge is 2.28. The molecular formula is C23H45N3O6. The van der Waals surface area contributed by atoms with Gasteiger partial charge >= 0.3 is 12.1 Å². The molecule has 0 aliphatic carbocycles. The van der Waals surface area contributed by atoms with Gasteiger partial charge in [-0.3, -0.25) is 19.3 Å². The number of unbranched alkanes of at least 4 members (excludes halogenated alkanes) is 2. The molecule has 1 saturated heterocycles. The zero-order valence-electron chi connectivity index (χ0n) is 21.3. The van der Waals surface area contributed by atoms with Gasteiger partial charge in [0.15, 0.2) is 0 Å². The van der Waals surface area contributed by atoms with Crippen molar-refractivity contribution in [3.8, 4) is 0 Å². The maximum atomic E-state index is 11.8. The maximum absolute atomic E-state index is 11.8. The number of hydrogen-bond donors (Lipinski definition) is 2. The van der Waals surface area contributed by atoms with Crippen LogP contribution in [-0.4, -0.2) is 61.1 Å². The molecule has 0 spiro atoms. The molecule has 1 heterocycles. The van der Waals surface area contributed by atoms with E-state index in [1.165, 1.54) is 12.0 Å². The summed E-state index contributed by atoms with van der Waals surface area (Å²) in [6, 6.07) is -0.591. The lowest BCUT2D eigenvalue weighted by Crippen LogP contribution is -2.47. The summed E-state index contributed by atoms with van der Waals surface area (Å²) in [5.41, 5.74) is 4.76. The number of methoxy groups -OCH3 is 1. The van der Waals surface area contributed by atoms with Crippen LogP contribution in [0.4, 0.5) is 4.79 Å². The van der Waals surface area contributed by atoms with Crippen LogP contribution in [0.3, 0.4) is 0 Å². The minimum Gasteiger partial charge on any atom is -0.469 e. The third-order valence-electron chi connectivity index (χ3n) is 4.65. The average Bonchev–Trinajstić information content (AvgIpc) is 3.14. The van der Waals surface area contributed by atoms with Gasteiger partial charge in [-0.15, -0.1) is 0 Å². The number of amides is 3. The number of ether oxygens (including phenoxy) is 2. The first-order chi connectivity index (χ1) is 14.9. The van der Waals surface area contributed by atoms with Crippen molar-refractivity contribution in [3.05, 3.63) is 0 Å². The van der Waals surface area contributed by atoms with Crippen LogP contribution in [0, 0.1) is 5.92 Å². The molecule has 32 heavy (non-hydrogen) atoms. The van der Waals surface area contributed by atoms with Crippen LogP contribution in [-0.2, 0) is 23.9 Å². The number of carbonyl (C=O) groups excluding carboxylic acids is 4. The summed E-state index contributed by atoms with van der Waals surface area (Å²) in [6.07, 6.45) is 4.81. The van der Waals surface area contributed by atoms with E-state index in [0.717, 1.165) is 32.2 Å². The summed E-state index contributed by atoms with van der Waals surface area (Å²) < 4.78 is 9.69. The van der Waals surface area contributed by atoms with Gasteiger partial charge in [0.2, 0.25) is 11.8 Å². The Morgan fingerprint density at radius 1 is 1.22 bits per heavy atom. The lowest BCUT2D eigenvalue weighted by atomic mass is 10.0. The molecule has 0 saturated carbocycles. The highest BCUT2D eigenvalue weighted by molar-refractivity contribution is 5.84. The molecule has 2 atom stereocenters. The number of rotatable bonds is 9. The number of carbonyl (C=O) groups is 4. The Bertz CT molecular complexity index is 575. The molecule has 3 amide bonds. The van der Waals surface area contributed by atoms with Crippen molar-refractivity contribution in [2.45, 2.75) is 98.1 Å². The van der Waals surface area contributed by atoms with Crippen LogP contribution in [0.25, 0.3) is 0 Å². The lowest BCUT2D eigenvalue weighted by molar-refractivity contribution is -0.141. The number of likely N-dealkylation sites (N-methyl/N-ethyl adjacent to an activating group) is 1. The second-order valence-electron chi connectivity index (χ2n) is 8.40. The van der Waals surface area contributed by atoms with E-state index in [4.69, 9.17) is 10.5 Å². The molecular weight excluding hydrogens is 414 g/mol. The first-order valence-electron chi connectivity index (χ1n) is 11.5. The van der Waals surface area contributed by atoms with Crippen molar-refractivity contribution < 1.29 is 28.7 Å². The summed E-state index contributed by atoms with van der Waals surface area (Å²) >= 11 is 0. The van der Waals surface area contributed by atoms with E-state index in [1.807, 2.05) is 13.8 Å². The van der Waals surface area contributed by atoms with Crippen LogP contribution >= 0.6 is 0 Å². The standard InChI is InChI=1S/C13H26N2O3.C8H13NO3.C2H6/c1-6-7-8-9-10(11(14)16)15(5)12(17)18-13(2,3)4;1-12-7(10)3-2-6-4-5-9-8(6)11;1-2/h10H,6-9H2,1-5H3,(H2,14,16);6H,2-5H2,1H3,(H,9,11);1-2H3/t10-;6-;/m01./s1. The van der Waals surface area contributed by atoms with Gasteiger partial charge < -0.3 is 20.5 Å². The average molecular weight is 460 g/mol. The number of esters is 1. The van der Waals surface area contributed by atoms with Crippen molar-refractivity contribution in [1.29, 1.82) is 0 Å². The van der Waals surface area contributed by atoms with E-state index in [1.54, 1.807) is 27.8 Å². The molecule has 0 unspecified atom stereocenters. The van der Waals surface area contributed by atoms with E-state index in [9.17, 15) is 19.2 Å². The van der Waals surface area contributed by atoms with E-state index < -0.39 is 23.6 Å². The quantitative estimate of drug-likeness (QED) is 0.402. The molecule has 9 heteroatoms. The number of nitrogens with two attached hydrogens (primary N) is 1. The molecule has 1 rings (SSSR count). The number of hydrogen-bond acceptors (Lipinski definition) is 6. The monoisotopic (exact) mass is 459 g/mol. The van der Waals surface area contributed by atoms with Crippen LogP contribution in [0.2, 0.25) is 0 Å². The SMILES string of the molecule is CC.CCCCC[C@@H](C(N)=O)N(C)C(=O)OC(C)(C)C.COC(=O)CC[C@@H]1CCNC1=O. The second-order valence-corrected chi connectivity index (χ2v) is 8.40. The first kappa shape index (κ1) is 31.9. The van der Waals surface area contributed by atoms with Crippen molar-refractivity contribution in [2.24, 2.45) is 11.7 Å². The third kappa shape index (κ3) is 14.6. The molecule has 188 valence electrons. The fourth-order valence-electron chi connectivity index (χ4n) is 2.89. The van der Waals surface area contributed by atoms with Crippen molar-refractivity contribution in [2.75, 3.05) is 20.7 Å². The van der Waals surface area contributed by atoms with Crippen LogP contribution in [0.1, 0.15) is 86.5 Å². The van der Waals surface area contributed by atoms with Crippen molar-refractivity contribution >= 4 is 23.9 Å². The Balaban J connectivity index is 0. The van der Waals surface area contributed by atoms with Crippen LogP contribution < -0.4 is 11.1 Å². The van der Waals surface area contributed by atoms with Crippen molar-refractivity contribution in [1.82, 2.24) is 10.2 Å². The molecule has 0 aromatic heterocycles. The van der Waals surface area contributed by atoms with E-state index >= 15 is 0 Å². The Kier molecular flexibility index (Phi) is 17.2. The molecule has 1 aliphatic heterocycles. The van der Waals surface area contributed by atoms with E-state index in [0.29, 0.717) is 19.3 Å². The molecule has 1 aliphatic rings. The smallest absolute Gasteiger partial charge is 0.410 e. The summed E-state index contributed by atoms with van der Waals surface area (Å²) in [4.78, 5) is 46.2. The minimum atomic E-state index is -0.591. The number of nitrogens with zero attached hydrogens (tertiary/aromatic N) is 1. The van der Waals surface area contributed by atoms with Crippen molar-refractivity contribution in [3.63, 3.8) is 0 Å². The van der Waals surface area contributed by atoms with Gasteiger partial charge in [0.1, 0.15) is 11.6 Å². The van der Waals surface area contributed by atoms with E-state index in [2.05, 4.69) is 17.0 Å². The zero-order chi connectivity index (χ0) is 25.3. The van der Waals surface area contributed by atoms with Gasteiger partial charge in [-0.05, 0) is 40.0 Å². The first-order valence-corrected chi connectivity index (χ1v) is 11.5. The molecule has 9 nitrogen and oxygen atoms in total. The van der Waals surface area contributed by atoms with Crippen LogP contribution in [0.15, 0.2) is 0 Å². The Labute approximate surface area is 193 Å². The zero-order valence-corrected chi connectivity index (χ0v) is 21.3. The normalized spacial score (nSPS) is 15.8. The Morgan fingerprint density at radius 2 is 1.81 bits per heavy atom. The predicted octanol–water partition coefficient (Wildman–Crippen LogP) is 3.39. The number of nitrogens with one attached hydrogen (secondary N) is 1. The molecule has 1 fully saturated rings. The Morgan fingerprint density at radius 3 is 2.22 bits per heavy atom. The summed E-state index contributed by atoms with van der Waals surface area (Å²) in [6.45, 7) is 12.2. The largest absolute Gasteiger partial charge is 0.469 e. The van der Waals surface area contributed by atoms with E-state index in [-0.39, 0.29) is 17.8 Å². The molecule has 0 bridgehead atoms. The highest BCUT2D eigenvalue weighted by Crippen LogP contribution is 2.16. The fourth-order valence-corrected chi connectivity index (χ4v) is 2.89. The molecule has 0 aromatic rings. The van der Waals surface area contributed by atoms with Gasteiger partial charge in [-0.1, -0.05) is 40.0 Å². The van der Waals surface area contributed by atoms with Gasteiger partial charge in [0.25, 0.3) is 0 Å². The lowest BCUT2D eigenvalue weighted by Gasteiger charge is -2.29. The molecule has 0 aromatic carbocycles. The van der Waals surface area contributed by atoms with Crippen LogP contribution in [0.5, 0.6) is 0 Å².